The first-order chi connectivity index (χ1) is 13.7. The number of methoxy groups -OCH3 is 1. The van der Waals surface area contributed by atoms with Crippen molar-refractivity contribution in [1.29, 1.82) is 0 Å². The summed E-state index contributed by atoms with van der Waals surface area (Å²) in [6.07, 6.45) is 0. The highest BCUT2D eigenvalue weighted by Crippen LogP contribution is 2.30. The summed E-state index contributed by atoms with van der Waals surface area (Å²) in [5, 5.41) is 20.8. The van der Waals surface area contributed by atoms with Crippen LogP contribution in [0, 0.1) is 5.82 Å². The van der Waals surface area contributed by atoms with Crippen molar-refractivity contribution in [1.82, 2.24) is 30.0 Å². The van der Waals surface area contributed by atoms with Gasteiger partial charge in [-0.3, -0.25) is 5.10 Å². The number of nitrogens with one attached hydrogen (secondary N) is 1. The predicted molar refractivity (Wildman–Crippen MR) is 104 cm³/mol. The Labute approximate surface area is 162 Å². The average molecular weight is 392 g/mol. The summed E-state index contributed by atoms with van der Waals surface area (Å²) in [7, 11) is 1.63. The zero-order chi connectivity index (χ0) is 19.1. The second kappa shape index (κ2) is 6.54. The first kappa shape index (κ1) is 16.6. The van der Waals surface area contributed by atoms with E-state index in [0.717, 1.165) is 22.7 Å². The highest BCUT2D eigenvalue weighted by atomic mass is 32.1. The van der Waals surface area contributed by atoms with Gasteiger partial charge in [0.05, 0.1) is 24.1 Å². The van der Waals surface area contributed by atoms with Crippen LogP contribution in [0.2, 0.25) is 0 Å². The number of fused-ring (bicyclic) bond motifs is 1. The van der Waals surface area contributed by atoms with E-state index in [4.69, 9.17) is 4.74 Å². The van der Waals surface area contributed by atoms with E-state index in [9.17, 15) is 4.39 Å². The molecule has 0 aliphatic carbocycles. The molecule has 0 saturated heterocycles. The average Bonchev–Trinajstić information content (AvgIpc) is 3.44. The zero-order valence-electron chi connectivity index (χ0n) is 14.6. The minimum atomic E-state index is -0.366. The normalized spacial score (nSPS) is 11.2. The van der Waals surface area contributed by atoms with E-state index in [1.54, 1.807) is 29.8 Å². The molecule has 0 amide bonds. The number of benzene rings is 2. The standard InChI is InChI=1S/C19H13FN6OS/c1-27-12-8-6-11(7-9-12)15-10-16(22-21-15)18-25-26-17(23-24-19(26)28-18)13-4-2-3-5-14(13)20/h2-10H,1H3,(H,21,22). The number of ether oxygens (including phenoxy) is 1. The van der Waals surface area contributed by atoms with E-state index >= 15 is 0 Å². The summed E-state index contributed by atoms with van der Waals surface area (Å²) in [5.74, 6) is 0.786. The van der Waals surface area contributed by atoms with E-state index in [2.05, 4.69) is 25.5 Å². The van der Waals surface area contributed by atoms with Gasteiger partial charge in [0.15, 0.2) is 10.8 Å². The van der Waals surface area contributed by atoms with Crippen LogP contribution in [0.5, 0.6) is 5.75 Å². The third-order valence-electron chi connectivity index (χ3n) is 4.30. The second-order valence-corrected chi connectivity index (χ2v) is 6.96. The molecule has 9 heteroatoms. The molecule has 0 fully saturated rings. The molecule has 7 nitrogen and oxygen atoms in total. The van der Waals surface area contributed by atoms with Crippen molar-refractivity contribution in [3.05, 3.63) is 60.4 Å². The summed E-state index contributed by atoms with van der Waals surface area (Å²) < 4.78 is 20.9. The molecular weight excluding hydrogens is 379 g/mol. The molecule has 0 spiro atoms. The molecule has 0 unspecified atom stereocenters. The van der Waals surface area contributed by atoms with Gasteiger partial charge in [-0.1, -0.05) is 23.5 Å². The molecule has 3 aromatic heterocycles. The van der Waals surface area contributed by atoms with Crippen LogP contribution in [0.3, 0.4) is 0 Å². The van der Waals surface area contributed by atoms with E-state index in [1.165, 1.54) is 17.4 Å². The van der Waals surface area contributed by atoms with Crippen molar-refractivity contribution in [2.75, 3.05) is 7.11 Å². The van der Waals surface area contributed by atoms with E-state index in [0.29, 0.717) is 21.4 Å². The summed E-state index contributed by atoms with van der Waals surface area (Å²) >= 11 is 1.35. The Hall–Kier alpha value is -3.59. The molecule has 138 valence electrons. The highest BCUT2D eigenvalue weighted by Gasteiger charge is 2.18. The SMILES string of the molecule is COc1ccc(-c2cc(-c3nn4c(-c5ccccc5F)nnc4s3)[nH]n2)cc1. The van der Waals surface area contributed by atoms with Crippen molar-refractivity contribution < 1.29 is 9.13 Å². The highest BCUT2D eigenvalue weighted by molar-refractivity contribution is 7.19. The number of rotatable bonds is 4. The van der Waals surface area contributed by atoms with Crippen molar-refractivity contribution in [3.8, 4) is 39.1 Å². The van der Waals surface area contributed by atoms with Gasteiger partial charge in [-0.25, -0.2) is 4.39 Å². The van der Waals surface area contributed by atoms with Crippen LogP contribution in [0.25, 0.3) is 38.3 Å². The third-order valence-corrected chi connectivity index (χ3v) is 5.23. The Balaban J connectivity index is 1.52. The zero-order valence-corrected chi connectivity index (χ0v) is 15.4. The van der Waals surface area contributed by atoms with Crippen molar-refractivity contribution in [2.45, 2.75) is 0 Å². The Morgan fingerprint density at radius 1 is 1.07 bits per heavy atom. The summed E-state index contributed by atoms with van der Waals surface area (Å²) in [6, 6.07) is 16.0. The number of hydrogen-bond donors (Lipinski definition) is 1. The molecule has 0 aliphatic heterocycles. The molecule has 1 N–H and O–H groups in total. The van der Waals surface area contributed by atoms with E-state index < -0.39 is 0 Å². The van der Waals surface area contributed by atoms with Crippen LogP contribution in [0.1, 0.15) is 0 Å². The van der Waals surface area contributed by atoms with Crippen LogP contribution in [-0.4, -0.2) is 37.1 Å². The Bertz CT molecular complexity index is 1270. The maximum Gasteiger partial charge on any atom is 0.235 e. The fraction of sp³-hybridized carbons (Fsp3) is 0.0526. The van der Waals surface area contributed by atoms with Crippen LogP contribution < -0.4 is 4.74 Å². The lowest BCUT2D eigenvalue weighted by molar-refractivity contribution is 0.415. The molecule has 3 heterocycles. The molecular formula is C19H13FN6OS. The predicted octanol–water partition coefficient (Wildman–Crippen LogP) is 4.06. The van der Waals surface area contributed by atoms with Crippen LogP contribution in [0.15, 0.2) is 54.6 Å². The largest absolute Gasteiger partial charge is 0.497 e. The molecule has 5 aromatic rings. The fourth-order valence-electron chi connectivity index (χ4n) is 2.88. The molecule has 0 bridgehead atoms. The Morgan fingerprint density at radius 3 is 2.68 bits per heavy atom. The minimum absolute atomic E-state index is 0.357. The monoisotopic (exact) mass is 392 g/mol. The van der Waals surface area contributed by atoms with Gasteiger partial charge in [0.1, 0.15) is 11.6 Å². The number of halogens is 1. The van der Waals surface area contributed by atoms with Crippen molar-refractivity contribution in [2.24, 2.45) is 0 Å². The second-order valence-electron chi connectivity index (χ2n) is 6.00. The van der Waals surface area contributed by atoms with Gasteiger partial charge in [-0.15, -0.1) is 10.2 Å². The van der Waals surface area contributed by atoms with Gasteiger partial charge in [0, 0.05) is 5.56 Å². The van der Waals surface area contributed by atoms with Gasteiger partial charge >= 0.3 is 0 Å². The Kier molecular flexibility index (Phi) is 3.87. The van der Waals surface area contributed by atoms with E-state index in [1.807, 2.05) is 30.3 Å². The number of nitrogens with zero attached hydrogens (tertiary/aromatic N) is 5. The molecule has 28 heavy (non-hydrogen) atoms. The molecule has 0 atom stereocenters. The lowest BCUT2D eigenvalue weighted by Gasteiger charge is -1.99. The van der Waals surface area contributed by atoms with Gasteiger partial charge in [0.2, 0.25) is 4.96 Å². The van der Waals surface area contributed by atoms with E-state index in [-0.39, 0.29) is 5.82 Å². The molecule has 5 rings (SSSR count). The lowest BCUT2D eigenvalue weighted by Crippen LogP contribution is -1.93. The van der Waals surface area contributed by atoms with Gasteiger partial charge in [-0.2, -0.15) is 14.7 Å². The van der Waals surface area contributed by atoms with Crippen LogP contribution in [-0.2, 0) is 0 Å². The van der Waals surface area contributed by atoms with Crippen LogP contribution in [0.4, 0.5) is 4.39 Å². The summed E-state index contributed by atoms with van der Waals surface area (Å²) in [5.41, 5.74) is 2.85. The maximum atomic E-state index is 14.1. The first-order valence-electron chi connectivity index (χ1n) is 8.40. The van der Waals surface area contributed by atoms with Gasteiger partial charge in [0.25, 0.3) is 0 Å². The minimum Gasteiger partial charge on any atom is -0.497 e. The molecule has 0 saturated carbocycles. The number of aromatic nitrogens is 6. The molecule has 2 aromatic carbocycles. The number of hydrogen-bond acceptors (Lipinski definition) is 6. The maximum absolute atomic E-state index is 14.1. The van der Waals surface area contributed by atoms with Gasteiger partial charge in [-0.05, 0) is 42.5 Å². The Morgan fingerprint density at radius 2 is 1.89 bits per heavy atom. The summed E-state index contributed by atoms with van der Waals surface area (Å²) in [6.45, 7) is 0. The topological polar surface area (TPSA) is 81.0 Å². The molecule has 0 radical (unpaired) electrons. The smallest absolute Gasteiger partial charge is 0.235 e. The number of H-pyrrole nitrogens is 1. The fourth-order valence-corrected chi connectivity index (χ4v) is 3.68. The summed E-state index contributed by atoms with van der Waals surface area (Å²) in [4.78, 5) is 0.578. The quantitative estimate of drug-likeness (QED) is 0.499. The first-order valence-corrected chi connectivity index (χ1v) is 9.22. The van der Waals surface area contributed by atoms with Crippen molar-refractivity contribution >= 4 is 16.3 Å². The lowest BCUT2D eigenvalue weighted by atomic mass is 10.1. The molecule has 0 aliphatic rings. The van der Waals surface area contributed by atoms with Crippen molar-refractivity contribution in [3.63, 3.8) is 0 Å². The third kappa shape index (κ3) is 2.72. The number of aromatic amines is 1. The van der Waals surface area contributed by atoms with Crippen LogP contribution >= 0.6 is 11.3 Å². The van der Waals surface area contributed by atoms with Gasteiger partial charge < -0.3 is 4.74 Å².